The highest BCUT2D eigenvalue weighted by Gasteiger charge is 2.69. The summed E-state index contributed by atoms with van der Waals surface area (Å²) in [5.74, 6) is -1.49. The van der Waals surface area contributed by atoms with Gasteiger partial charge >= 0.3 is 17.9 Å². The van der Waals surface area contributed by atoms with Crippen LogP contribution in [0, 0.1) is 0 Å². The van der Waals surface area contributed by atoms with Crippen LogP contribution in [0.5, 0.6) is 0 Å². The van der Waals surface area contributed by atoms with Gasteiger partial charge in [-0.25, -0.2) is 9.69 Å². The summed E-state index contributed by atoms with van der Waals surface area (Å²) in [6.45, 7) is 1.29. The smallest absolute Gasteiger partial charge is 0.340 e. The summed E-state index contributed by atoms with van der Waals surface area (Å²) < 4.78 is 44.5. The Morgan fingerprint density at radius 3 is 2.38 bits per heavy atom. The quantitative estimate of drug-likeness (QED) is 0.869. The van der Waals surface area contributed by atoms with Crippen molar-refractivity contribution >= 4 is 17.6 Å². The zero-order valence-electron chi connectivity index (χ0n) is 11.1. The van der Waals surface area contributed by atoms with E-state index in [9.17, 15) is 22.8 Å². The fourth-order valence-corrected chi connectivity index (χ4v) is 1.95. The van der Waals surface area contributed by atoms with Gasteiger partial charge in [-0.05, 0) is 18.6 Å². The molecule has 21 heavy (non-hydrogen) atoms. The molecule has 0 radical (unpaired) electrons. The standard InChI is InChI=1S/C13H13F3N2O3/c1-2-8-21-12(13(14,15)16)10(19)18(11(20)17-12)9-6-4-3-5-7-9/h3-7H,2,8H2,1H3,(H,17,20)/t12-/m0/s1. The van der Waals surface area contributed by atoms with E-state index in [1.807, 2.05) is 0 Å². The number of hydrogen-bond acceptors (Lipinski definition) is 3. The number of anilines is 1. The molecule has 8 heteroatoms. The number of carbonyl (C=O) groups is 2. The van der Waals surface area contributed by atoms with Crippen molar-refractivity contribution in [3.05, 3.63) is 30.3 Å². The van der Waals surface area contributed by atoms with E-state index >= 15 is 0 Å². The van der Waals surface area contributed by atoms with Crippen LogP contribution in [-0.4, -0.2) is 30.4 Å². The summed E-state index contributed by atoms with van der Waals surface area (Å²) in [6, 6.07) is 6.20. The van der Waals surface area contributed by atoms with Crippen LogP contribution in [0.3, 0.4) is 0 Å². The van der Waals surface area contributed by atoms with Crippen molar-refractivity contribution in [2.24, 2.45) is 0 Å². The highest BCUT2D eigenvalue weighted by atomic mass is 19.4. The van der Waals surface area contributed by atoms with Crippen molar-refractivity contribution < 1.29 is 27.5 Å². The normalized spacial score (nSPS) is 22.6. The Morgan fingerprint density at radius 2 is 1.86 bits per heavy atom. The number of nitrogens with one attached hydrogen (secondary N) is 1. The average molecular weight is 302 g/mol. The maximum absolute atomic E-state index is 13.3. The van der Waals surface area contributed by atoms with Crippen LogP contribution in [-0.2, 0) is 9.53 Å². The summed E-state index contributed by atoms with van der Waals surface area (Å²) in [6.07, 6.45) is -4.79. The summed E-state index contributed by atoms with van der Waals surface area (Å²) >= 11 is 0. The first-order valence-corrected chi connectivity index (χ1v) is 6.26. The van der Waals surface area contributed by atoms with Gasteiger partial charge in [0.2, 0.25) is 0 Å². The fraction of sp³-hybridized carbons (Fsp3) is 0.385. The van der Waals surface area contributed by atoms with Gasteiger partial charge in [0, 0.05) is 0 Å². The van der Waals surface area contributed by atoms with Gasteiger partial charge in [-0.2, -0.15) is 13.2 Å². The van der Waals surface area contributed by atoms with E-state index in [1.165, 1.54) is 24.3 Å². The average Bonchev–Trinajstić information content (AvgIpc) is 2.69. The molecule has 0 aromatic heterocycles. The lowest BCUT2D eigenvalue weighted by Gasteiger charge is -2.28. The van der Waals surface area contributed by atoms with Gasteiger partial charge in [0.1, 0.15) is 0 Å². The first kappa shape index (κ1) is 15.3. The molecule has 0 saturated carbocycles. The van der Waals surface area contributed by atoms with Gasteiger partial charge in [-0.1, -0.05) is 25.1 Å². The predicted molar refractivity (Wildman–Crippen MR) is 67.5 cm³/mol. The number of rotatable bonds is 4. The van der Waals surface area contributed by atoms with E-state index < -0.39 is 23.8 Å². The molecular formula is C13H13F3N2O3. The molecule has 0 unspecified atom stereocenters. The molecular weight excluding hydrogens is 289 g/mol. The topological polar surface area (TPSA) is 58.6 Å². The third-order valence-corrected chi connectivity index (χ3v) is 2.93. The molecule has 1 fully saturated rings. The summed E-state index contributed by atoms with van der Waals surface area (Å²) in [4.78, 5) is 24.4. The number of amides is 3. The Bertz CT molecular complexity index is 547. The molecule has 1 aromatic rings. The van der Waals surface area contributed by atoms with Gasteiger partial charge in [-0.3, -0.25) is 10.1 Å². The van der Waals surface area contributed by atoms with Gasteiger partial charge in [0.15, 0.2) is 0 Å². The second-order valence-corrected chi connectivity index (χ2v) is 4.43. The van der Waals surface area contributed by atoms with Crippen LogP contribution in [0.15, 0.2) is 30.3 Å². The summed E-state index contributed by atoms with van der Waals surface area (Å²) in [7, 11) is 0. The first-order chi connectivity index (χ1) is 9.83. The number of carbonyl (C=O) groups excluding carboxylic acids is 2. The maximum Gasteiger partial charge on any atom is 0.446 e. The second kappa shape index (κ2) is 5.36. The minimum Gasteiger partial charge on any atom is -0.340 e. The van der Waals surface area contributed by atoms with Gasteiger partial charge < -0.3 is 4.74 Å². The monoisotopic (exact) mass is 302 g/mol. The molecule has 1 atom stereocenters. The van der Waals surface area contributed by atoms with E-state index in [4.69, 9.17) is 4.74 Å². The molecule has 1 aliphatic heterocycles. The van der Waals surface area contributed by atoms with Gasteiger partial charge in [0.25, 0.3) is 5.91 Å². The minimum atomic E-state index is -5.06. The van der Waals surface area contributed by atoms with Crippen LogP contribution in [0.4, 0.5) is 23.7 Å². The Hall–Kier alpha value is -2.09. The maximum atomic E-state index is 13.3. The zero-order valence-corrected chi connectivity index (χ0v) is 11.1. The fourth-order valence-electron chi connectivity index (χ4n) is 1.95. The third kappa shape index (κ3) is 2.46. The van der Waals surface area contributed by atoms with E-state index in [-0.39, 0.29) is 18.7 Å². The molecule has 1 aliphatic rings. The molecule has 1 heterocycles. The largest absolute Gasteiger partial charge is 0.446 e. The second-order valence-electron chi connectivity index (χ2n) is 4.43. The van der Waals surface area contributed by atoms with Crippen molar-refractivity contribution in [1.29, 1.82) is 0 Å². The zero-order chi connectivity index (χ0) is 15.7. The number of alkyl halides is 3. The van der Waals surface area contributed by atoms with E-state index in [2.05, 4.69) is 0 Å². The number of hydrogen-bond donors (Lipinski definition) is 1. The van der Waals surface area contributed by atoms with Crippen LogP contribution in [0.2, 0.25) is 0 Å². The van der Waals surface area contributed by atoms with E-state index in [1.54, 1.807) is 18.3 Å². The number of nitrogens with zero attached hydrogens (tertiary/aromatic N) is 1. The van der Waals surface area contributed by atoms with Crippen LogP contribution in [0.1, 0.15) is 13.3 Å². The van der Waals surface area contributed by atoms with Crippen molar-refractivity contribution in [3.63, 3.8) is 0 Å². The molecule has 3 amide bonds. The van der Waals surface area contributed by atoms with E-state index in [0.717, 1.165) is 0 Å². The summed E-state index contributed by atoms with van der Waals surface area (Å²) in [5.41, 5.74) is -3.28. The molecule has 2 rings (SSSR count). The molecule has 5 nitrogen and oxygen atoms in total. The Balaban J connectivity index is 2.42. The first-order valence-electron chi connectivity index (χ1n) is 6.26. The van der Waals surface area contributed by atoms with Crippen LogP contribution < -0.4 is 10.2 Å². The molecule has 0 aliphatic carbocycles. The molecule has 1 N–H and O–H groups in total. The number of ether oxygens (including phenoxy) is 1. The number of urea groups is 1. The SMILES string of the molecule is CCCO[C@@]1(C(F)(F)F)NC(=O)N(c2ccccc2)C1=O. The van der Waals surface area contributed by atoms with Crippen molar-refractivity contribution in [2.45, 2.75) is 25.2 Å². The molecule has 1 saturated heterocycles. The van der Waals surface area contributed by atoms with Crippen LogP contribution >= 0.6 is 0 Å². The Morgan fingerprint density at radius 1 is 1.24 bits per heavy atom. The van der Waals surface area contributed by atoms with Crippen molar-refractivity contribution in [1.82, 2.24) is 5.32 Å². The highest BCUT2D eigenvalue weighted by Crippen LogP contribution is 2.38. The third-order valence-electron chi connectivity index (χ3n) is 2.93. The van der Waals surface area contributed by atoms with Crippen molar-refractivity contribution in [3.8, 4) is 0 Å². The molecule has 1 aromatic carbocycles. The number of benzene rings is 1. The molecule has 0 spiro atoms. The van der Waals surface area contributed by atoms with Crippen LogP contribution in [0.25, 0.3) is 0 Å². The lowest BCUT2D eigenvalue weighted by Crippen LogP contribution is -2.60. The van der Waals surface area contributed by atoms with Gasteiger partial charge in [-0.15, -0.1) is 0 Å². The minimum absolute atomic E-state index is 0.0474. The Labute approximate surface area is 118 Å². The predicted octanol–water partition coefficient (Wildman–Crippen LogP) is 2.43. The molecule has 0 bridgehead atoms. The van der Waals surface area contributed by atoms with Crippen molar-refractivity contribution in [2.75, 3.05) is 11.5 Å². The lowest BCUT2D eigenvalue weighted by atomic mass is 10.2. The van der Waals surface area contributed by atoms with E-state index in [0.29, 0.717) is 4.90 Å². The highest BCUT2D eigenvalue weighted by molar-refractivity contribution is 6.23. The molecule has 114 valence electrons. The lowest BCUT2D eigenvalue weighted by molar-refractivity contribution is -0.269. The van der Waals surface area contributed by atoms with Gasteiger partial charge in [0.05, 0.1) is 12.3 Å². The number of halogens is 3. The Kier molecular flexibility index (Phi) is 3.91. The summed E-state index contributed by atoms with van der Waals surface area (Å²) in [5, 5.41) is 1.63. The number of imide groups is 1. The number of para-hydroxylation sites is 1.